The van der Waals surface area contributed by atoms with Crippen LogP contribution in [0.2, 0.25) is 0 Å². The quantitative estimate of drug-likeness (QED) is 0.777. The first-order chi connectivity index (χ1) is 10.5. The molecule has 22 heavy (non-hydrogen) atoms. The van der Waals surface area contributed by atoms with Crippen molar-refractivity contribution in [2.45, 2.75) is 20.4 Å². The summed E-state index contributed by atoms with van der Waals surface area (Å²) in [6.45, 7) is 3.92. The smallest absolute Gasteiger partial charge is 0.352 e. The molecule has 0 aliphatic heterocycles. The molecule has 0 radical (unpaired) electrons. The molecule has 0 saturated carbocycles. The van der Waals surface area contributed by atoms with Crippen LogP contribution in [0.5, 0.6) is 0 Å². The summed E-state index contributed by atoms with van der Waals surface area (Å²) in [6.07, 6.45) is 0. The van der Waals surface area contributed by atoms with Gasteiger partial charge in [0, 0.05) is 17.5 Å². The molecule has 6 nitrogen and oxygen atoms in total. The van der Waals surface area contributed by atoms with E-state index in [4.69, 9.17) is 0 Å². The molecular weight excluding hydrogens is 282 g/mol. The number of rotatable bonds is 3. The van der Waals surface area contributed by atoms with Gasteiger partial charge < -0.3 is 10.1 Å². The predicted octanol–water partition coefficient (Wildman–Crippen LogP) is 2.42. The van der Waals surface area contributed by atoms with Crippen LogP contribution in [-0.4, -0.2) is 25.8 Å². The molecule has 0 unspecified atom stereocenters. The van der Waals surface area contributed by atoms with Crippen LogP contribution in [0.3, 0.4) is 0 Å². The Kier molecular flexibility index (Phi) is 3.29. The van der Waals surface area contributed by atoms with Crippen LogP contribution in [0, 0.1) is 6.92 Å². The summed E-state index contributed by atoms with van der Waals surface area (Å²) in [5.74, 6) is -1.09. The monoisotopic (exact) mass is 297 g/mol. The number of aryl methyl sites for hydroxylation is 2. The third-order valence-corrected chi connectivity index (χ3v) is 3.72. The molecule has 0 bridgehead atoms. The van der Waals surface area contributed by atoms with E-state index in [9.17, 15) is 14.7 Å². The molecular formula is C16H15N3O3. The number of carboxylic acid groups (broad SMARTS) is 1. The van der Waals surface area contributed by atoms with E-state index in [1.165, 1.54) is 4.68 Å². The largest absolute Gasteiger partial charge is 0.477 e. The van der Waals surface area contributed by atoms with Gasteiger partial charge in [-0.3, -0.25) is 4.79 Å². The van der Waals surface area contributed by atoms with Gasteiger partial charge in [-0.2, -0.15) is 5.10 Å². The zero-order valence-electron chi connectivity index (χ0n) is 12.3. The highest BCUT2D eigenvalue weighted by Crippen LogP contribution is 2.29. The minimum atomic E-state index is -1.09. The Balaban J connectivity index is 2.48. The van der Waals surface area contributed by atoms with Crippen LogP contribution in [0.4, 0.5) is 0 Å². The molecule has 1 aromatic carbocycles. The highest BCUT2D eigenvalue weighted by molar-refractivity contribution is 6.02. The maximum atomic E-state index is 12.4. The van der Waals surface area contributed by atoms with E-state index in [1.54, 1.807) is 6.92 Å². The molecule has 0 atom stereocenters. The number of aromatic nitrogens is 3. The lowest BCUT2D eigenvalue weighted by Crippen LogP contribution is -2.23. The lowest BCUT2D eigenvalue weighted by atomic mass is 10.1. The third-order valence-electron chi connectivity index (χ3n) is 3.72. The standard InChI is InChI=1S/C16H15N3O3/c1-3-19-15(20)14-11(9(2)12(17-14)16(21)22)13(18-19)10-7-5-4-6-8-10/h4-8,17H,3H2,1-2H3,(H,21,22). The average molecular weight is 297 g/mol. The number of aromatic carboxylic acids is 1. The molecule has 0 aliphatic carbocycles. The van der Waals surface area contributed by atoms with Gasteiger partial charge in [0.25, 0.3) is 5.56 Å². The number of hydrogen-bond acceptors (Lipinski definition) is 3. The maximum absolute atomic E-state index is 12.4. The number of hydrogen-bond donors (Lipinski definition) is 2. The van der Waals surface area contributed by atoms with Crippen molar-refractivity contribution in [3.8, 4) is 11.3 Å². The van der Waals surface area contributed by atoms with Gasteiger partial charge in [-0.1, -0.05) is 30.3 Å². The normalized spacial score (nSPS) is 11.0. The Morgan fingerprint density at radius 1 is 1.32 bits per heavy atom. The summed E-state index contributed by atoms with van der Waals surface area (Å²) < 4.78 is 1.34. The fraction of sp³-hybridized carbons (Fsp3) is 0.188. The molecule has 2 aromatic heterocycles. The number of H-pyrrole nitrogens is 1. The molecule has 2 heterocycles. The lowest BCUT2D eigenvalue weighted by molar-refractivity contribution is 0.0691. The van der Waals surface area contributed by atoms with Gasteiger partial charge in [0.2, 0.25) is 0 Å². The van der Waals surface area contributed by atoms with E-state index in [0.29, 0.717) is 23.2 Å². The summed E-state index contributed by atoms with van der Waals surface area (Å²) in [5, 5.41) is 14.3. The summed E-state index contributed by atoms with van der Waals surface area (Å²) in [6, 6.07) is 9.43. The zero-order chi connectivity index (χ0) is 15.9. The number of nitrogens with one attached hydrogen (secondary N) is 1. The summed E-state index contributed by atoms with van der Waals surface area (Å²) in [4.78, 5) is 26.5. The number of nitrogens with zero attached hydrogens (tertiary/aromatic N) is 2. The summed E-state index contributed by atoms with van der Waals surface area (Å²) in [5.41, 5.74) is 1.97. The lowest BCUT2D eigenvalue weighted by Gasteiger charge is -2.08. The second-order valence-electron chi connectivity index (χ2n) is 5.02. The van der Waals surface area contributed by atoms with Crippen molar-refractivity contribution in [2.75, 3.05) is 0 Å². The summed E-state index contributed by atoms with van der Waals surface area (Å²) in [7, 11) is 0. The number of aromatic amines is 1. The van der Waals surface area contributed by atoms with Crippen molar-refractivity contribution in [3.63, 3.8) is 0 Å². The zero-order valence-corrected chi connectivity index (χ0v) is 12.3. The third kappa shape index (κ3) is 2.00. The van der Waals surface area contributed by atoms with Crippen LogP contribution in [0.1, 0.15) is 23.0 Å². The van der Waals surface area contributed by atoms with Crippen LogP contribution in [0.15, 0.2) is 35.1 Å². The molecule has 3 rings (SSSR count). The number of benzene rings is 1. The van der Waals surface area contributed by atoms with Crippen molar-refractivity contribution in [3.05, 3.63) is 51.9 Å². The first-order valence-electron chi connectivity index (χ1n) is 6.96. The molecule has 0 amide bonds. The Morgan fingerprint density at radius 2 is 2.00 bits per heavy atom. The summed E-state index contributed by atoms with van der Waals surface area (Å²) >= 11 is 0. The Bertz CT molecular complexity index is 923. The van der Waals surface area contributed by atoms with Crippen LogP contribution in [0.25, 0.3) is 22.2 Å². The number of carbonyl (C=O) groups is 1. The van der Waals surface area contributed by atoms with Gasteiger partial charge in [0.15, 0.2) is 0 Å². The highest BCUT2D eigenvalue weighted by Gasteiger charge is 2.21. The van der Waals surface area contributed by atoms with Gasteiger partial charge in [-0.15, -0.1) is 0 Å². The van der Waals surface area contributed by atoms with Crippen molar-refractivity contribution < 1.29 is 9.90 Å². The number of fused-ring (bicyclic) bond motifs is 1. The van der Waals surface area contributed by atoms with E-state index in [2.05, 4.69) is 10.1 Å². The van der Waals surface area contributed by atoms with E-state index in [-0.39, 0.29) is 16.8 Å². The fourth-order valence-electron chi connectivity index (χ4n) is 2.62. The van der Waals surface area contributed by atoms with Crippen molar-refractivity contribution in [1.29, 1.82) is 0 Å². The minimum absolute atomic E-state index is 0.0277. The van der Waals surface area contributed by atoms with E-state index >= 15 is 0 Å². The van der Waals surface area contributed by atoms with Crippen LogP contribution >= 0.6 is 0 Å². The number of carboxylic acids is 1. The SMILES string of the molecule is CCn1nc(-c2ccccc2)c2c(C)c(C(=O)O)[nH]c2c1=O. The second-order valence-corrected chi connectivity index (χ2v) is 5.02. The Labute approximate surface area is 126 Å². The molecule has 6 heteroatoms. The van der Waals surface area contributed by atoms with Gasteiger partial charge in [-0.05, 0) is 19.4 Å². The Morgan fingerprint density at radius 3 is 2.59 bits per heavy atom. The average Bonchev–Trinajstić information content (AvgIpc) is 2.87. The minimum Gasteiger partial charge on any atom is -0.477 e. The second kappa shape index (κ2) is 5.14. The van der Waals surface area contributed by atoms with Gasteiger partial charge in [0.1, 0.15) is 16.9 Å². The molecule has 112 valence electrons. The van der Waals surface area contributed by atoms with E-state index in [1.807, 2.05) is 37.3 Å². The van der Waals surface area contributed by atoms with Gasteiger partial charge in [-0.25, -0.2) is 9.48 Å². The van der Waals surface area contributed by atoms with Crippen molar-refractivity contribution in [2.24, 2.45) is 0 Å². The molecule has 0 spiro atoms. The van der Waals surface area contributed by atoms with Crippen LogP contribution < -0.4 is 5.56 Å². The maximum Gasteiger partial charge on any atom is 0.352 e. The highest BCUT2D eigenvalue weighted by atomic mass is 16.4. The van der Waals surface area contributed by atoms with E-state index in [0.717, 1.165) is 5.56 Å². The first kappa shape index (κ1) is 14.1. The van der Waals surface area contributed by atoms with E-state index < -0.39 is 5.97 Å². The molecule has 0 aliphatic rings. The van der Waals surface area contributed by atoms with Crippen molar-refractivity contribution >= 4 is 16.9 Å². The molecule has 0 saturated heterocycles. The van der Waals surface area contributed by atoms with Gasteiger partial charge in [0.05, 0.1) is 0 Å². The topological polar surface area (TPSA) is 88.0 Å². The van der Waals surface area contributed by atoms with Gasteiger partial charge >= 0.3 is 5.97 Å². The first-order valence-corrected chi connectivity index (χ1v) is 6.96. The predicted molar refractivity (Wildman–Crippen MR) is 83.2 cm³/mol. The van der Waals surface area contributed by atoms with Crippen molar-refractivity contribution in [1.82, 2.24) is 14.8 Å². The van der Waals surface area contributed by atoms with Crippen LogP contribution in [-0.2, 0) is 6.54 Å². The fourth-order valence-corrected chi connectivity index (χ4v) is 2.62. The molecule has 2 N–H and O–H groups in total. The molecule has 3 aromatic rings. The molecule has 0 fully saturated rings. The Hall–Kier alpha value is -2.89.